The number of fused-ring (bicyclic) bond motifs is 2. The third kappa shape index (κ3) is 4.53. The van der Waals surface area contributed by atoms with E-state index in [0.717, 1.165) is 0 Å². The van der Waals surface area contributed by atoms with Gasteiger partial charge in [-0.05, 0) is 30.2 Å². The minimum Gasteiger partial charge on any atom is -0.497 e. The molecule has 2 atom stereocenters. The highest BCUT2D eigenvalue weighted by atomic mass is 32.2. The molecule has 1 N–H and O–H groups in total. The number of hydrogen-bond acceptors (Lipinski definition) is 5. The van der Waals surface area contributed by atoms with Crippen LogP contribution in [-0.2, 0) is 14.8 Å². The average molecular weight is 397 g/mol. The zero-order valence-electron chi connectivity index (χ0n) is 15.9. The molecular weight excluding hydrogens is 370 g/mol. The summed E-state index contributed by atoms with van der Waals surface area (Å²) in [5.74, 6) is 0.982. The molecule has 1 aromatic carbocycles. The molecule has 2 fully saturated rings. The van der Waals surface area contributed by atoms with Crippen molar-refractivity contribution in [3.8, 4) is 5.75 Å². The molecule has 0 radical (unpaired) electrons. The zero-order chi connectivity index (χ0) is 19.6. The first kappa shape index (κ1) is 19.9. The number of benzene rings is 1. The van der Waals surface area contributed by atoms with E-state index in [4.69, 9.17) is 9.47 Å². The van der Waals surface area contributed by atoms with Gasteiger partial charge in [0.2, 0.25) is 10.0 Å². The smallest absolute Gasteiger partial charge is 0.317 e. The predicted octanol–water partition coefficient (Wildman–Crippen LogP) is 1.13. The molecule has 9 heteroatoms. The van der Waals surface area contributed by atoms with E-state index in [0.29, 0.717) is 31.3 Å². The van der Waals surface area contributed by atoms with E-state index in [1.807, 2.05) is 13.8 Å². The van der Waals surface area contributed by atoms with E-state index in [9.17, 15) is 13.2 Å². The van der Waals surface area contributed by atoms with Crippen LogP contribution >= 0.6 is 0 Å². The number of methoxy groups -OCH3 is 1. The first-order chi connectivity index (χ1) is 12.8. The van der Waals surface area contributed by atoms with Crippen molar-refractivity contribution in [2.45, 2.75) is 31.0 Å². The largest absolute Gasteiger partial charge is 0.497 e. The Bertz CT molecular complexity index is 752. The fourth-order valence-corrected chi connectivity index (χ4v) is 4.82. The number of nitrogens with one attached hydrogen (secondary N) is 1. The summed E-state index contributed by atoms with van der Waals surface area (Å²) < 4.78 is 38.3. The van der Waals surface area contributed by atoms with Gasteiger partial charge in [0.05, 0.1) is 37.3 Å². The fraction of sp³-hybridized carbons (Fsp3) is 0.611. The van der Waals surface area contributed by atoms with Gasteiger partial charge < -0.3 is 19.7 Å². The van der Waals surface area contributed by atoms with E-state index < -0.39 is 10.0 Å². The number of sulfonamides is 1. The lowest BCUT2D eigenvalue weighted by atomic mass is 10.1. The average Bonchev–Trinajstić information content (AvgIpc) is 2.65. The maximum absolute atomic E-state index is 12.9. The van der Waals surface area contributed by atoms with Crippen molar-refractivity contribution >= 4 is 16.1 Å². The predicted molar refractivity (Wildman–Crippen MR) is 100 cm³/mol. The van der Waals surface area contributed by atoms with Gasteiger partial charge in [-0.1, -0.05) is 13.8 Å². The Morgan fingerprint density at radius 1 is 1.19 bits per heavy atom. The number of rotatable bonds is 5. The summed E-state index contributed by atoms with van der Waals surface area (Å²) in [7, 11) is -2.07. The van der Waals surface area contributed by atoms with Crippen LogP contribution in [0.4, 0.5) is 4.79 Å². The van der Waals surface area contributed by atoms with Crippen LogP contribution in [0.2, 0.25) is 0 Å². The van der Waals surface area contributed by atoms with E-state index in [1.54, 1.807) is 29.2 Å². The van der Waals surface area contributed by atoms with Gasteiger partial charge in [0.15, 0.2) is 0 Å². The summed E-state index contributed by atoms with van der Waals surface area (Å²) in [6, 6.07) is 6.24. The standard InChI is InChI=1S/C18H27N3O5S/c1-13(2)8-19-18(22)20-9-15-11-21(12-16(10-20)26-15)27(23,24)17-6-4-14(25-3)5-7-17/h4-7,13,15-16H,8-12H2,1-3H3,(H,19,22)/t15-,16+. The highest BCUT2D eigenvalue weighted by molar-refractivity contribution is 7.89. The molecule has 0 spiro atoms. The van der Waals surface area contributed by atoms with Crippen molar-refractivity contribution < 1.29 is 22.7 Å². The van der Waals surface area contributed by atoms with Gasteiger partial charge in [-0.25, -0.2) is 13.2 Å². The van der Waals surface area contributed by atoms with Crippen molar-refractivity contribution in [3.63, 3.8) is 0 Å². The molecule has 1 aromatic rings. The molecular formula is C18H27N3O5S. The van der Waals surface area contributed by atoms with Gasteiger partial charge in [-0.15, -0.1) is 0 Å². The second kappa shape index (κ2) is 8.04. The summed E-state index contributed by atoms with van der Waals surface area (Å²) >= 11 is 0. The second-order valence-corrected chi connectivity index (χ2v) is 9.30. The second-order valence-electron chi connectivity index (χ2n) is 7.36. The number of hydrogen-bond donors (Lipinski definition) is 1. The molecule has 0 saturated carbocycles. The van der Waals surface area contributed by atoms with Crippen LogP contribution in [0.15, 0.2) is 29.2 Å². The van der Waals surface area contributed by atoms with Crippen molar-refractivity contribution in [1.82, 2.24) is 14.5 Å². The SMILES string of the molecule is COc1ccc(S(=O)(=O)N2C[C@H]3CN(C(=O)NCC(C)C)C[C@@H](C2)O3)cc1. The van der Waals surface area contributed by atoms with Gasteiger partial charge in [0, 0.05) is 19.6 Å². The fourth-order valence-electron chi connectivity index (χ4n) is 3.32. The maximum atomic E-state index is 12.9. The van der Waals surface area contributed by atoms with E-state index in [2.05, 4.69) is 5.32 Å². The zero-order valence-corrected chi connectivity index (χ0v) is 16.7. The lowest BCUT2D eigenvalue weighted by molar-refractivity contribution is -0.111. The summed E-state index contributed by atoms with van der Waals surface area (Å²) in [5.41, 5.74) is 0. The van der Waals surface area contributed by atoms with Crippen LogP contribution in [0.3, 0.4) is 0 Å². The normalized spacial score (nSPS) is 23.3. The summed E-state index contributed by atoms with van der Waals surface area (Å²) in [4.78, 5) is 14.3. The van der Waals surface area contributed by atoms with Gasteiger partial charge in [0.25, 0.3) is 0 Å². The Morgan fingerprint density at radius 2 is 1.78 bits per heavy atom. The third-order valence-electron chi connectivity index (χ3n) is 4.69. The molecule has 2 heterocycles. The van der Waals surface area contributed by atoms with Gasteiger partial charge in [0.1, 0.15) is 5.75 Å². The molecule has 2 aliphatic heterocycles. The number of urea groups is 1. The Morgan fingerprint density at radius 3 is 2.30 bits per heavy atom. The molecule has 0 aliphatic carbocycles. The number of amides is 2. The minimum absolute atomic E-state index is 0.117. The lowest BCUT2D eigenvalue weighted by Gasteiger charge is -2.45. The molecule has 2 aliphatic rings. The topological polar surface area (TPSA) is 88.2 Å². The Hall–Kier alpha value is -1.84. The number of ether oxygens (including phenoxy) is 2. The van der Waals surface area contributed by atoms with Crippen LogP contribution in [-0.4, -0.2) is 75.7 Å². The van der Waals surface area contributed by atoms with E-state index in [1.165, 1.54) is 11.4 Å². The first-order valence-electron chi connectivity index (χ1n) is 9.12. The van der Waals surface area contributed by atoms with Crippen molar-refractivity contribution in [3.05, 3.63) is 24.3 Å². The van der Waals surface area contributed by atoms with E-state index in [-0.39, 0.29) is 36.2 Å². The Kier molecular flexibility index (Phi) is 5.92. The van der Waals surface area contributed by atoms with Crippen molar-refractivity contribution in [2.24, 2.45) is 5.92 Å². The monoisotopic (exact) mass is 397 g/mol. The summed E-state index contributed by atoms with van der Waals surface area (Å²) in [6.45, 7) is 5.93. The Balaban J connectivity index is 1.66. The van der Waals surface area contributed by atoms with Crippen LogP contribution in [0.5, 0.6) is 5.75 Å². The van der Waals surface area contributed by atoms with Gasteiger partial charge in [-0.2, -0.15) is 4.31 Å². The minimum atomic E-state index is -3.61. The molecule has 0 unspecified atom stereocenters. The highest BCUT2D eigenvalue weighted by Crippen LogP contribution is 2.26. The summed E-state index contributed by atoms with van der Waals surface area (Å²) in [6.07, 6.45) is -0.648. The van der Waals surface area contributed by atoms with Crippen LogP contribution < -0.4 is 10.1 Å². The number of morpholine rings is 2. The van der Waals surface area contributed by atoms with Gasteiger partial charge in [-0.3, -0.25) is 0 Å². The molecule has 2 saturated heterocycles. The maximum Gasteiger partial charge on any atom is 0.317 e. The van der Waals surface area contributed by atoms with Crippen molar-refractivity contribution in [1.29, 1.82) is 0 Å². The van der Waals surface area contributed by atoms with Gasteiger partial charge >= 0.3 is 6.03 Å². The quantitative estimate of drug-likeness (QED) is 0.805. The molecule has 8 nitrogen and oxygen atoms in total. The molecule has 3 rings (SSSR count). The summed E-state index contributed by atoms with van der Waals surface area (Å²) in [5, 5.41) is 2.91. The third-order valence-corrected chi connectivity index (χ3v) is 6.54. The molecule has 2 amide bonds. The molecule has 2 bridgehead atoms. The van der Waals surface area contributed by atoms with Crippen molar-refractivity contribution in [2.75, 3.05) is 39.8 Å². The lowest BCUT2D eigenvalue weighted by Crippen LogP contribution is -2.62. The molecule has 27 heavy (non-hydrogen) atoms. The molecule has 0 aromatic heterocycles. The van der Waals surface area contributed by atoms with Crippen LogP contribution in [0.25, 0.3) is 0 Å². The number of carbonyl (C=O) groups excluding carboxylic acids is 1. The van der Waals surface area contributed by atoms with Crippen LogP contribution in [0, 0.1) is 5.92 Å². The van der Waals surface area contributed by atoms with Crippen LogP contribution in [0.1, 0.15) is 13.8 Å². The number of carbonyl (C=O) groups is 1. The Labute approximate surface area is 160 Å². The number of nitrogens with zero attached hydrogens (tertiary/aromatic N) is 2. The highest BCUT2D eigenvalue weighted by Gasteiger charge is 2.41. The first-order valence-corrected chi connectivity index (χ1v) is 10.6. The van der Waals surface area contributed by atoms with E-state index >= 15 is 0 Å². The molecule has 150 valence electrons.